The first-order chi connectivity index (χ1) is 9.45. The van der Waals surface area contributed by atoms with E-state index in [0.29, 0.717) is 33.7 Å². The van der Waals surface area contributed by atoms with Gasteiger partial charge in [-0.05, 0) is 24.1 Å². The maximum atomic E-state index is 10.6. The summed E-state index contributed by atoms with van der Waals surface area (Å²) in [6, 6.07) is 5.05. The number of carboxylic acid groups (broad SMARTS) is 1. The van der Waals surface area contributed by atoms with Crippen molar-refractivity contribution in [2.75, 3.05) is 0 Å². The molecule has 0 spiro atoms. The van der Waals surface area contributed by atoms with Crippen LogP contribution in [0.4, 0.5) is 0 Å². The zero-order valence-electron chi connectivity index (χ0n) is 10.6. The molecule has 1 atom stereocenters. The maximum Gasteiger partial charge on any atom is 0.303 e. The summed E-state index contributed by atoms with van der Waals surface area (Å²) in [7, 11) is 0. The van der Waals surface area contributed by atoms with Crippen LogP contribution in [0.25, 0.3) is 11.4 Å². The van der Waals surface area contributed by atoms with Crippen LogP contribution in [0.2, 0.25) is 10.0 Å². The molecule has 2 aromatic rings. The summed E-state index contributed by atoms with van der Waals surface area (Å²) in [4.78, 5) is 14.8. The van der Waals surface area contributed by atoms with Gasteiger partial charge in [0, 0.05) is 18.4 Å². The molecule has 1 unspecified atom stereocenters. The van der Waals surface area contributed by atoms with Crippen molar-refractivity contribution in [2.45, 2.75) is 19.8 Å². The van der Waals surface area contributed by atoms with Crippen LogP contribution in [0.15, 0.2) is 22.7 Å². The number of carboxylic acids is 1. The van der Waals surface area contributed by atoms with E-state index in [1.54, 1.807) is 18.2 Å². The third-order valence-electron chi connectivity index (χ3n) is 2.69. The number of benzene rings is 1. The average Bonchev–Trinajstić information content (AvgIpc) is 2.80. The number of carbonyl (C=O) groups is 1. The van der Waals surface area contributed by atoms with E-state index in [2.05, 4.69) is 10.1 Å². The number of aromatic nitrogens is 2. The SMILES string of the molecule is CC(CC(=O)O)Cc1nc(-c2ccc(Cl)c(Cl)c2)no1. The van der Waals surface area contributed by atoms with E-state index in [4.69, 9.17) is 32.8 Å². The standard InChI is InChI=1S/C13H12Cl2N2O3/c1-7(5-12(18)19)4-11-16-13(17-20-11)8-2-3-9(14)10(15)6-8/h2-3,6-7H,4-5H2,1H3,(H,18,19). The first-order valence-corrected chi connectivity index (χ1v) is 6.71. The van der Waals surface area contributed by atoms with Crippen LogP contribution in [-0.2, 0) is 11.2 Å². The van der Waals surface area contributed by atoms with Crippen molar-refractivity contribution in [3.8, 4) is 11.4 Å². The van der Waals surface area contributed by atoms with Crippen LogP contribution in [0.3, 0.4) is 0 Å². The molecule has 20 heavy (non-hydrogen) atoms. The van der Waals surface area contributed by atoms with Crippen molar-refractivity contribution >= 4 is 29.2 Å². The van der Waals surface area contributed by atoms with Gasteiger partial charge in [0.15, 0.2) is 0 Å². The Morgan fingerprint density at radius 2 is 2.15 bits per heavy atom. The molecule has 0 fully saturated rings. The van der Waals surface area contributed by atoms with Gasteiger partial charge in [-0.1, -0.05) is 35.3 Å². The third-order valence-corrected chi connectivity index (χ3v) is 3.43. The van der Waals surface area contributed by atoms with Gasteiger partial charge in [0.1, 0.15) is 0 Å². The zero-order chi connectivity index (χ0) is 14.7. The monoisotopic (exact) mass is 314 g/mol. The van der Waals surface area contributed by atoms with Gasteiger partial charge in [0.2, 0.25) is 11.7 Å². The molecule has 1 heterocycles. The van der Waals surface area contributed by atoms with E-state index < -0.39 is 5.97 Å². The van der Waals surface area contributed by atoms with Crippen molar-refractivity contribution in [1.29, 1.82) is 0 Å². The Kier molecular flexibility index (Phi) is 4.62. The predicted octanol–water partition coefficient (Wildman–Crippen LogP) is 3.70. The summed E-state index contributed by atoms with van der Waals surface area (Å²) in [6.07, 6.45) is 0.477. The Labute approximate surface area is 125 Å². The molecule has 0 radical (unpaired) electrons. The van der Waals surface area contributed by atoms with E-state index in [0.717, 1.165) is 0 Å². The van der Waals surface area contributed by atoms with Gasteiger partial charge in [-0.15, -0.1) is 0 Å². The number of rotatable bonds is 5. The molecular formula is C13H12Cl2N2O3. The third kappa shape index (κ3) is 3.71. The van der Waals surface area contributed by atoms with Gasteiger partial charge in [0.05, 0.1) is 10.0 Å². The summed E-state index contributed by atoms with van der Waals surface area (Å²) in [6.45, 7) is 1.82. The van der Waals surface area contributed by atoms with E-state index in [9.17, 15) is 4.79 Å². The Hall–Kier alpha value is -1.59. The fraction of sp³-hybridized carbons (Fsp3) is 0.308. The van der Waals surface area contributed by atoms with E-state index >= 15 is 0 Å². The molecule has 0 aliphatic heterocycles. The minimum absolute atomic E-state index is 0.0600. The fourth-order valence-electron chi connectivity index (χ4n) is 1.76. The summed E-state index contributed by atoms with van der Waals surface area (Å²) in [5.74, 6) is -0.114. The lowest BCUT2D eigenvalue weighted by atomic mass is 10.0. The quantitative estimate of drug-likeness (QED) is 0.910. The average molecular weight is 315 g/mol. The van der Waals surface area contributed by atoms with Gasteiger partial charge in [-0.25, -0.2) is 0 Å². The molecule has 0 saturated carbocycles. The summed E-state index contributed by atoms with van der Waals surface area (Å²) >= 11 is 11.8. The normalized spacial score (nSPS) is 12.3. The highest BCUT2D eigenvalue weighted by Gasteiger charge is 2.15. The van der Waals surface area contributed by atoms with Crippen molar-refractivity contribution < 1.29 is 14.4 Å². The molecule has 7 heteroatoms. The topological polar surface area (TPSA) is 76.2 Å². The molecule has 0 bridgehead atoms. The summed E-state index contributed by atoms with van der Waals surface area (Å²) < 4.78 is 5.11. The molecule has 2 rings (SSSR count). The zero-order valence-corrected chi connectivity index (χ0v) is 12.1. The number of aliphatic carboxylic acids is 1. The van der Waals surface area contributed by atoms with Crippen molar-refractivity contribution in [3.05, 3.63) is 34.1 Å². The van der Waals surface area contributed by atoms with Gasteiger partial charge < -0.3 is 9.63 Å². The molecule has 0 aliphatic rings. The second-order valence-electron chi connectivity index (χ2n) is 4.55. The van der Waals surface area contributed by atoms with E-state index in [1.807, 2.05) is 6.92 Å². The van der Waals surface area contributed by atoms with E-state index in [1.165, 1.54) is 0 Å². The van der Waals surface area contributed by atoms with Gasteiger partial charge in [-0.2, -0.15) is 4.98 Å². The fourth-order valence-corrected chi connectivity index (χ4v) is 2.06. The highest BCUT2D eigenvalue weighted by Crippen LogP contribution is 2.27. The summed E-state index contributed by atoms with van der Waals surface area (Å²) in [5.41, 5.74) is 0.695. The molecule has 106 valence electrons. The van der Waals surface area contributed by atoms with E-state index in [-0.39, 0.29) is 12.3 Å². The molecule has 5 nitrogen and oxygen atoms in total. The smallest absolute Gasteiger partial charge is 0.303 e. The lowest BCUT2D eigenvalue weighted by Gasteiger charge is -2.03. The van der Waals surface area contributed by atoms with Crippen LogP contribution in [0, 0.1) is 5.92 Å². The lowest BCUT2D eigenvalue weighted by Crippen LogP contribution is -2.07. The molecule has 0 amide bonds. The highest BCUT2D eigenvalue weighted by molar-refractivity contribution is 6.42. The minimum atomic E-state index is -0.846. The highest BCUT2D eigenvalue weighted by atomic mass is 35.5. The molecule has 1 aromatic heterocycles. The van der Waals surface area contributed by atoms with Crippen molar-refractivity contribution in [3.63, 3.8) is 0 Å². The molecule has 1 aromatic carbocycles. The maximum absolute atomic E-state index is 10.6. The lowest BCUT2D eigenvalue weighted by molar-refractivity contribution is -0.137. The van der Waals surface area contributed by atoms with Crippen LogP contribution in [0.5, 0.6) is 0 Å². The van der Waals surface area contributed by atoms with Crippen LogP contribution in [-0.4, -0.2) is 21.2 Å². The number of hydrogen-bond donors (Lipinski definition) is 1. The molecular weight excluding hydrogens is 303 g/mol. The Morgan fingerprint density at radius 3 is 2.80 bits per heavy atom. The minimum Gasteiger partial charge on any atom is -0.481 e. The second-order valence-corrected chi connectivity index (χ2v) is 5.36. The second kappa shape index (κ2) is 6.24. The van der Waals surface area contributed by atoms with Crippen molar-refractivity contribution in [2.24, 2.45) is 5.92 Å². The van der Waals surface area contributed by atoms with Crippen LogP contribution in [0.1, 0.15) is 19.2 Å². The van der Waals surface area contributed by atoms with Crippen LogP contribution >= 0.6 is 23.2 Å². The molecule has 0 aliphatic carbocycles. The number of hydrogen-bond acceptors (Lipinski definition) is 4. The first-order valence-electron chi connectivity index (χ1n) is 5.95. The Bertz CT molecular complexity index is 628. The van der Waals surface area contributed by atoms with Crippen molar-refractivity contribution in [1.82, 2.24) is 10.1 Å². The summed E-state index contributed by atoms with van der Waals surface area (Å²) in [5, 5.41) is 13.4. The van der Waals surface area contributed by atoms with Gasteiger partial charge >= 0.3 is 5.97 Å². The predicted molar refractivity (Wildman–Crippen MR) is 74.9 cm³/mol. The van der Waals surface area contributed by atoms with Gasteiger partial charge in [-0.3, -0.25) is 4.79 Å². The number of halogens is 2. The first kappa shape index (κ1) is 14.8. The molecule has 1 N–H and O–H groups in total. The Morgan fingerprint density at radius 1 is 1.40 bits per heavy atom. The largest absolute Gasteiger partial charge is 0.481 e. The van der Waals surface area contributed by atoms with Gasteiger partial charge in [0.25, 0.3) is 0 Å². The molecule has 0 saturated heterocycles. The Balaban J connectivity index is 2.12. The van der Waals surface area contributed by atoms with Crippen LogP contribution < -0.4 is 0 Å². The number of nitrogens with zero attached hydrogens (tertiary/aromatic N) is 2.